The average Bonchev–Trinajstić information content (AvgIpc) is 3.44. The number of rotatable bonds is 7. The van der Waals surface area contributed by atoms with Crippen LogP contribution in [0, 0.1) is 6.92 Å². The number of carbonyl (C=O) groups excluding carboxylic acids is 1. The van der Waals surface area contributed by atoms with E-state index in [1.165, 1.54) is 16.0 Å². The Morgan fingerprint density at radius 2 is 2.18 bits per heavy atom. The fraction of sp³-hybridized carbons (Fsp3) is 0.280. The summed E-state index contributed by atoms with van der Waals surface area (Å²) in [6.45, 7) is 3.46. The summed E-state index contributed by atoms with van der Waals surface area (Å²) in [4.78, 5) is 23.9. The van der Waals surface area contributed by atoms with E-state index < -0.39 is 0 Å². The van der Waals surface area contributed by atoms with Gasteiger partial charge in [0.2, 0.25) is 5.95 Å². The average molecular weight is 460 g/mol. The lowest BCUT2D eigenvalue weighted by Gasteiger charge is -2.10. The molecule has 1 N–H and O–H groups in total. The zero-order chi connectivity index (χ0) is 22.8. The van der Waals surface area contributed by atoms with Gasteiger partial charge in [0, 0.05) is 42.7 Å². The van der Waals surface area contributed by atoms with Gasteiger partial charge in [-0.05, 0) is 48.2 Å². The Kier molecular flexibility index (Phi) is 6.02. The van der Waals surface area contributed by atoms with Crippen LogP contribution in [0.5, 0.6) is 0 Å². The number of nitrogens with zero attached hydrogens (tertiary/aromatic N) is 4. The Morgan fingerprint density at radius 3 is 2.97 bits per heavy atom. The molecule has 8 heteroatoms. The number of ketones is 1. The molecule has 1 aliphatic rings. The molecule has 0 fully saturated rings. The molecule has 168 valence electrons. The maximum Gasteiger partial charge on any atom is 0.227 e. The number of anilines is 2. The molecule has 4 aromatic rings. The third-order valence-corrected chi connectivity index (χ3v) is 7.06. The van der Waals surface area contributed by atoms with Crippen molar-refractivity contribution in [1.82, 2.24) is 19.7 Å². The van der Waals surface area contributed by atoms with Crippen LogP contribution in [0.15, 0.2) is 48.9 Å². The van der Waals surface area contributed by atoms with Gasteiger partial charge in [-0.25, -0.2) is 9.97 Å². The van der Waals surface area contributed by atoms with Crippen molar-refractivity contribution in [1.29, 1.82) is 0 Å². The molecule has 3 aromatic heterocycles. The molecule has 0 saturated carbocycles. The van der Waals surface area contributed by atoms with Gasteiger partial charge in [0.25, 0.3) is 0 Å². The maximum atomic E-state index is 12.8. The van der Waals surface area contributed by atoms with E-state index in [2.05, 4.69) is 45.5 Å². The largest absolute Gasteiger partial charge is 0.376 e. The molecule has 0 saturated heterocycles. The van der Waals surface area contributed by atoms with Gasteiger partial charge < -0.3 is 10.1 Å². The van der Waals surface area contributed by atoms with Gasteiger partial charge in [-0.3, -0.25) is 9.48 Å². The third kappa shape index (κ3) is 4.86. The minimum Gasteiger partial charge on any atom is -0.376 e. The van der Waals surface area contributed by atoms with Crippen LogP contribution in [0.4, 0.5) is 11.6 Å². The number of thiophene rings is 1. The number of nitrogens with one attached hydrogen (secondary N) is 1. The number of ether oxygens (including phenoxy) is 1. The molecular formula is C25H25N5O2S. The van der Waals surface area contributed by atoms with E-state index in [0.717, 1.165) is 46.8 Å². The van der Waals surface area contributed by atoms with Crippen LogP contribution in [0.1, 0.15) is 37.7 Å². The van der Waals surface area contributed by atoms with Crippen molar-refractivity contribution in [2.45, 2.75) is 32.8 Å². The molecule has 0 radical (unpaired) electrons. The quantitative estimate of drug-likeness (QED) is 0.397. The lowest BCUT2D eigenvalue weighted by molar-refractivity contribution is 0.0986. The SMILES string of the molecule is Cc1cc(-c2ccnc(Nc3cnn(C)c3)n2)ccc1CCC(=O)c1cc2c(s1)CCOC2. The summed E-state index contributed by atoms with van der Waals surface area (Å²) >= 11 is 1.63. The number of Topliss-reactive ketones (excluding diaryl/α,β-unsaturated/α-hetero) is 1. The van der Waals surface area contributed by atoms with E-state index in [-0.39, 0.29) is 5.78 Å². The molecule has 4 heterocycles. The first-order valence-electron chi connectivity index (χ1n) is 11.0. The van der Waals surface area contributed by atoms with Crippen molar-refractivity contribution in [3.05, 3.63) is 75.4 Å². The van der Waals surface area contributed by atoms with Crippen molar-refractivity contribution in [3.63, 3.8) is 0 Å². The first kappa shape index (κ1) is 21.5. The van der Waals surface area contributed by atoms with Crippen molar-refractivity contribution < 1.29 is 9.53 Å². The Labute approximate surface area is 196 Å². The van der Waals surface area contributed by atoms with Crippen LogP contribution in [0.2, 0.25) is 0 Å². The monoisotopic (exact) mass is 459 g/mol. The summed E-state index contributed by atoms with van der Waals surface area (Å²) in [5.74, 6) is 0.733. The Hall–Kier alpha value is -3.36. The minimum atomic E-state index is 0.208. The number of carbonyl (C=O) groups is 1. The number of hydrogen-bond acceptors (Lipinski definition) is 7. The summed E-state index contributed by atoms with van der Waals surface area (Å²) in [7, 11) is 1.86. The van der Waals surface area contributed by atoms with Gasteiger partial charge in [0.15, 0.2) is 5.78 Å². The van der Waals surface area contributed by atoms with Crippen LogP contribution in [0.25, 0.3) is 11.3 Å². The number of hydrogen-bond donors (Lipinski definition) is 1. The van der Waals surface area contributed by atoms with E-state index in [4.69, 9.17) is 4.74 Å². The highest BCUT2D eigenvalue weighted by molar-refractivity contribution is 7.14. The third-order valence-electron chi connectivity index (χ3n) is 5.78. The van der Waals surface area contributed by atoms with Crippen molar-refractivity contribution in [3.8, 4) is 11.3 Å². The lowest BCUT2D eigenvalue weighted by atomic mass is 9.98. The van der Waals surface area contributed by atoms with E-state index >= 15 is 0 Å². The Bertz CT molecular complexity index is 1290. The summed E-state index contributed by atoms with van der Waals surface area (Å²) in [5, 5.41) is 7.33. The second kappa shape index (κ2) is 9.25. The van der Waals surface area contributed by atoms with Gasteiger partial charge in [-0.2, -0.15) is 5.10 Å². The lowest BCUT2D eigenvalue weighted by Crippen LogP contribution is -2.05. The summed E-state index contributed by atoms with van der Waals surface area (Å²) in [6, 6.07) is 10.2. The Morgan fingerprint density at radius 1 is 1.27 bits per heavy atom. The predicted octanol–water partition coefficient (Wildman–Crippen LogP) is 4.88. The molecule has 0 spiro atoms. The molecule has 0 amide bonds. The first-order valence-corrected chi connectivity index (χ1v) is 11.8. The molecule has 0 atom stereocenters. The van der Waals surface area contributed by atoms with Gasteiger partial charge >= 0.3 is 0 Å². The van der Waals surface area contributed by atoms with Gasteiger partial charge in [-0.15, -0.1) is 11.3 Å². The molecule has 1 aromatic carbocycles. The van der Waals surface area contributed by atoms with Crippen molar-refractivity contribution in [2.75, 3.05) is 11.9 Å². The van der Waals surface area contributed by atoms with Gasteiger partial charge in [0.1, 0.15) is 0 Å². The van der Waals surface area contributed by atoms with Crippen LogP contribution < -0.4 is 5.32 Å². The molecule has 7 nitrogen and oxygen atoms in total. The normalized spacial score (nSPS) is 13.0. The fourth-order valence-corrected chi connectivity index (χ4v) is 5.10. The molecule has 1 aliphatic heterocycles. The van der Waals surface area contributed by atoms with Crippen LogP contribution >= 0.6 is 11.3 Å². The molecule has 33 heavy (non-hydrogen) atoms. The van der Waals surface area contributed by atoms with Gasteiger partial charge in [0.05, 0.1) is 35.7 Å². The number of fused-ring (bicyclic) bond motifs is 1. The summed E-state index contributed by atoms with van der Waals surface area (Å²) in [5.41, 5.74) is 6.21. The summed E-state index contributed by atoms with van der Waals surface area (Å²) in [6.07, 6.45) is 7.49. The number of aromatic nitrogens is 4. The number of benzene rings is 1. The minimum absolute atomic E-state index is 0.208. The zero-order valence-electron chi connectivity index (χ0n) is 18.7. The smallest absolute Gasteiger partial charge is 0.227 e. The standard InChI is InChI=1S/C25H25N5O2S/c1-16-11-18(21-7-9-26-25(29-21)28-20-13-27-30(2)14-20)4-3-17(16)5-6-22(31)24-12-19-15-32-10-8-23(19)33-24/h3-4,7,9,11-14H,5-6,8,10,15H2,1-2H3,(H,26,28,29). The zero-order valence-corrected chi connectivity index (χ0v) is 19.5. The first-order chi connectivity index (χ1) is 16.0. The van der Waals surface area contributed by atoms with E-state index in [0.29, 0.717) is 19.0 Å². The molecule has 5 rings (SSSR count). The van der Waals surface area contributed by atoms with Crippen molar-refractivity contribution >= 4 is 28.8 Å². The maximum absolute atomic E-state index is 12.8. The second-order valence-electron chi connectivity index (χ2n) is 8.22. The topological polar surface area (TPSA) is 81.9 Å². The van der Waals surface area contributed by atoms with E-state index in [1.54, 1.807) is 28.4 Å². The Balaban J connectivity index is 1.26. The highest BCUT2D eigenvalue weighted by Crippen LogP contribution is 2.29. The predicted molar refractivity (Wildman–Crippen MR) is 129 cm³/mol. The summed E-state index contributed by atoms with van der Waals surface area (Å²) < 4.78 is 7.22. The van der Waals surface area contributed by atoms with Gasteiger partial charge in [-0.1, -0.05) is 12.1 Å². The highest BCUT2D eigenvalue weighted by Gasteiger charge is 2.18. The molecular weight excluding hydrogens is 434 g/mol. The van der Waals surface area contributed by atoms with E-state index in [9.17, 15) is 4.79 Å². The van der Waals surface area contributed by atoms with Crippen LogP contribution in [0.3, 0.4) is 0 Å². The highest BCUT2D eigenvalue weighted by atomic mass is 32.1. The number of aryl methyl sites for hydroxylation is 3. The fourth-order valence-electron chi connectivity index (χ4n) is 3.99. The van der Waals surface area contributed by atoms with Crippen LogP contribution in [-0.2, 0) is 31.2 Å². The molecule has 0 bridgehead atoms. The molecule has 0 unspecified atom stereocenters. The van der Waals surface area contributed by atoms with E-state index in [1.807, 2.05) is 25.4 Å². The van der Waals surface area contributed by atoms with Crippen molar-refractivity contribution in [2.24, 2.45) is 7.05 Å². The van der Waals surface area contributed by atoms with Crippen LogP contribution in [-0.4, -0.2) is 32.1 Å². The molecule has 0 aliphatic carbocycles. The second-order valence-corrected chi connectivity index (χ2v) is 9.36.